The van der Waals surface area contributed by atoms with Crippen LogP contribution < -0.4 is 0 Å². The SMILES string of the molecule is CC(C)CCCC(C(C)C)N(C)C. The molecule has 0 fully saturated rings. The van der Waals surface area contributed by atoms with Gasteiger partial charge in [-0.3, -0.25) is 0 Å². The fourth-order valence-electron chi connectivity index (χ4n) is 1.92. The third-order valence-electron chi connectivity index (χ3n) is 2.71. The summed E-state index contributed by atoms with van der Waals surface area (Å²) < 4.78 is 0. The van der Waals surface area contributed by atoms with Crippen LogP contribution in [-0.4, -0.2) is 25.0 Å². The highest BCUT2D eigenvalue weighted by Crippen LogP contribution is 2.16. The molecule has 0 amide bonds. The second kappa shape index (κ2) is 6.42. The van der Waals surface area contributed by atoms with Gasteiger partial charge in [0.25, 0.3) is 0 Å². The van der Waals surface area contributed by atoms with Gasteiger partial charge in [-0.25, -0.2) is 0 Å². The topological polar surface area (TPSA) is 3.24 Å². The van der Waals surface area contributed by atoms with Gasteiger partial charge in [0.15, 0.2) is 0 Å². The van der Waals surface area contributed by atoms with Crippen LogP contribution in [0.1, 0.15) is 47.0 Å². The smallest absolute Gasteiger partial charge is 0.0112 e. The highest BCUT2D eigenvalue weighted by atomic mass is 15.1. The highest BCUT2D eigenvalue weighted by molar-refractivity contribution is 4.69. The minimum absolute atomic E-state index is 0.763. The van der Waals surface area contributed by atoms with Crippen molar-refractivity contribution >= 4 is 0 Å². The summed E-state index contributed by atoms with van der Waals surface area (Å²) in [6.45, 7) is 9.25. The number of hydrogen-bond donors (Lipinski definition) is 0. The second-order valence-corrected chi connectivity index (χ2v) is 5.10. The molecule has 0 aliphatic heterocycles. The quantitative estimate of drug-likeness (QED) is 0.613. The van der Waals surface area contributed by atoms with E-state index in [1.54, 1.807) is 0 Å². The Morgan fingerprint density at radius 1 is 0.923 bits per heavy atom. The Kier molecular flexibility index (Phi) is 6.40. The third-order valence-corrected chi connectivity index (χ3v) is 2.71. The zero-order valence-electron chi connectivity index (χ0n) is 10.3. The molecule has 1 atom stereocenters. The van der Waals surface area contributed by atoms with Gasteiger partial charge in [0.05, 0.1) is 0 Å². The average molecular weight is 185 g/mol. The monoisotopic (exact) mass is 185 g/mol. The first-order chi connectivity index (χ1) is 5.95. The summed E-state index contributed by atoms with van der Waals surface area (Å²) in [6.07, 6.45) is 4.10. The van der Waals surface area contributed by atoms with Gasteiger partial charge in [-0.2, -0.15) is 0 Å². The predicted molar refractivity (Wildman–Crippen MR) is 61.0 cm³/mol. The lowest BCUT2D eigenvalue weighted by Gasteiger charge is -2.28. The van der Waals surface area contributed by atoms with Gasteiger partial charge in [0, 0.05) is 6.04 Å². The second-order valence-electron chi connectivity index (χ2n) is 5.10. The van der Waals surface area contributed by atoms with Gasteiger partial charge in [-0.1, -0.05) is 40.5 Å². The molecule has 0 N–H and O–H groups in total. The molecule has 80 valence electrons. The highest BCUT2D eigenvalue weighted by Gasteiger charge is 2.14. The Bertz CT molecular complexity index is 108. The van der Waals surface area contributed by atoms with Crippen LogP contribution in [0, 0.1) is 11.8 Å². The molecule has 0 aliphatic carbocycles. The van der Waals surface area contributed by atoms with Gasteiger partial charge >= 0.3 is 0 Å². The van der Waals surface area contributed by atoms with Crippen molar-refractivity contribution in [1.82, 2.24) is 4.90 Å². The van der Waals surface area contributed by atoms with Gasteiger partial charge in [0.1, 0.15) is 0 Å². The molecular formula is C12H27N. The maximum Gasteiger partial charge on any atom is 0.0112 e. The molecule has 0 aliphatic rings. The van der Waals surface area contributed by atoms with Crippen LogP contribution >= 0.6 is 0 Å². The van der Waals surface area contributed by atoms with Crippen LogP contribution in [0.5, 0.6) is 0 Å². The zero-order valence-corrected chi connectivity index (χ0v) is 10.3. The van der Waals surface area contributed by atoms with E-state index in [1.165, 1.54) is 19.3 Å². The van der Waals surface area contributed by atoms with Gasteiger partial charge in [-0.15, -0.1) is 0 Å². The van der Waals surface area contributed by atoms with Crippen LogP contribution in [0.2, 0.25) is 0 Å². The normalized spacial score (nSPS) is 14.5. The third kappa shape index (κ3) is 6.09. The molecule has 0 spiro atoms. The lowest BCUT2D eigenvalue weighted by molar-refractivity contribution is 0.211. The summed E-state index contributed by atoms with van der Waals surface area (Å²) in [6, 6.07) is 0.763. The van der Waals surface area contributed by atoms with Crippen LogP contribution in [0.15, 0.2) is 0 Å². The minimum atomic E-state index is 0.763. The number of hydrogen-bond acceptors (Lipinski definition) is 1. The van der Waals surface area contributed by atoms with E-state index in [2.05, 4.69) is 46.7 Å². The molecule has 0 aromatic heterocycles. The number of nitrogens with zero attached hydrogens (tertiary/aromatic N) is 1. The summed E-state index contributed by atoms with van der Waals surface area (Å²) in [4.78, 5) is 2.37. The summed E-state index contributed by atoms with van der Waals surface area (Å²) in [5, 5.41) is 0. The molecule has 1 nitrogen and oxygen atoms in total. The maximum atomic E-state index is 2.37. The molecule has 1 heteroatoms. The van der Waals surface area contributed by atoms with Crippen molar-refractivity contribution < 1.29 is 0 Å². The van der Waals surface area contributed by atoms with Crippen LogP contribution in [-0.2, 0) is 0 Å². The summed E-state index contributed by atoms with van der Waals surface area (Å²) in [7, 11) is 4.39. The predicted octanol–water partition coefficient (Wildman–Crippen LogP) is 3.40. The van der Waals surface area contributed by atoms with E-state index in [4.69, 9.17) is 0 Å². The van der Waals surface area contributed by atoms with Crippen molar-refractivity contribution in [2.45, 2.75) is 53.0 Å². The van der Waals surface area contributed by atoms with E-state index in [-0.39, 0.29) is 0 Å². The van der Waals surface area contributed by atoms with Gasteiger partial charge < -0.3 is 4.90 Å². The van der Waals surface area contributed by atoms with Gasteiger partial charge in [-0.05, 0) is 32.4 Å². The van der Waals surface area contributed by atoms with E-state index in [9.17, 15) is 0 Å². The van der Waals surface area contributed by atoms with E-state index in [1.807, 2.05) is 0 Å². The number of rotatable bonds is 6. The Morgan fingerprint density at radius 2 is 1.46 bits per heavy atom. The molecule has 13 heavy (non-hydrogen) atoms. The Morgan fingerprint density at radius 3 is 1.77 bits per heavy atom. The van der Waals surface area contributed by atoms with Crippen molar-refractivity contribution in [3.63, 3.8) is 0 Å². The Hall–Kier alpha value is -0.0400. The van der Waals surface area contributed by atoms with Crippen LogP contribution in [0.25, 0.3) is 0 Å². The van der Waals surface area contributed by atoms with Crippen LogP contribution in [0.3, 0.4) is 0 Å². The van der Waals surface area contributed by atoms with Crippen molar-refractivity contribution in [3.8, 4) is 0 Å². The molecule has 0 saturated carbocycles. The van der Waals surface area contributed by atoms with Gasteiger partial charge in [0.2, 0.25) is 0 Å². The molecule has 0 radical (unpaired) electrons. The van der Waals surface area contributed by atoms with E-state index < -0.39 is 0 Å². The molecule has 0 bridgehead atoms. The summed E-state index contributed by atoms with van der Waals surface area (Å²) >= 11 is 0. The van der Waals surface area contributed by atoms with Crippen molar-refractivity contribution in [1.29, 1.82) is 0 Å². The first-order valence-electron chi connectivity index (χ1n) is 5.61. The first-order valence-corrected chi connectivity index (χ1v) is 5.61. The fraction of sp³-hybridized carbons (Fsp3) is 1.00. The van der Waals surface area contributed by atoms with Crippen molar-refractivity contribution in [2.24, 2.45) is 11.8 Å². The lowest BCUT2D eigenvalue weighted by atomic mass is 9.95. The molecule has 0 aromatic carbocycles. The molecule has 1 unspecified atom stereocenters. The standard InChI is InChI=1S/C12H27N/c1-10(2)8-7-9-12(11(3)4)13(5)6/h10-12H,7-9H2,1-6H3. The van der Waals surface area contributed by atoms with E-state index in [0.29, 0.717) is 0 Å². The average Bonchev–Trinajstić information content (AvgIpc) is 1.95. The first kappa shape index (κ1) is 13.0. The minimum Gasteiger partial charge on any atom is -0.306 e. The van der Waals surface area contributed by atoms with Crippen molar-refractivity contribution in [2.75, 3.05) is 14.1 Å². The van der Waals surface area contributed by atoms with E-state index >= 15 is 0 Å². The zero-order chi connectivity index (χ0) is 10.4. The fourth-order valence-corrected chi connectivity index (χ4v) is 1.92. The Labute approximate surface area is 84.5 Å². The summed E-state index contributed by atoms with van der Waals surface area (Å²) in [5.41, 5.74) is 0. The maximum absolute atomic E-state index is 2.37. The summed E-state index contributed by atoms with van der Waals surface area (Å²) in [5.74, 6) is 1.64. The molecule has 0 saturated heterocycles. The molecule has 0 rings (SSSR count). The largest absolute Gasteiger partial charge is 0.306 e. The molecule has 0 aromatic rings. The van der Waals surface area contributed by atoms with Crippen LogP contribution in [0.4, 0.5) is 0 Å². The Balaban J connectivity index is 3.70. The van der Waals surface area contributed by atoms with Crippen molar-refractivity contribution in [3.05, 3.63) is 0 Å². The van der Waals surface area contributed by atoms with E-state index in [0.717, 1.165) is 17.9 Å². The molecule has 0 heterocycles. The molecular weight excluding hydrogens is 158 g/mol. The lowest BCUT2D eigenvalue weighted by Crippen LogP contribution is -2.32.